The summed E-state index contributed by atoms with van der Waals surface area (Å²) in [7, 11) is 0. The van der Waals surface area contributed by atoms with Crippen LogP contribution < -0.4 is 10.6 Å². The van der Waals surface area contributed by atoms with Gasteiger partial charge in [0.15, 0.2) is 0 Å². The first-order valence-electron chi connectivity index (χ1n) is 11.8. The molecule has 2 aliphatic rings. The highest BCUT2D eigenvalue weighted by molar-refractivity contribution is 6.87. The highest BCUT2D eigenvalue weighted by Gasteiger charge is 2.35. The second-order valence-electron chi connectivity index (χ2n) is 10.2. The smallest absolute Gasteiger partial charge is 0.410 e. The van der Waals surface area contributed by atoms with Crippen LogP contribution in [-0.2, 0) is 20.6 Å². The Hall–Kier alpha value is -2.77. The SMILES string of the molecule is C=C1CCC(B(C=O)Cc2c(C)cccc2NC2CCN(C(=O)OC(C)(C)C)CC2)C(=O)N1. The van der Waals surface area contributed by atoms with Crippen LogP contribution in [0, 0.1) is 6.92 Å². The Kier molecular flexibility index (Phi) is 7.87. The van der Waals surface area contributed by atoms with Gasteiger partial charge in [-0.15, -0.1) is 0 Å². The molecule has 0 saturated carbocycles. The molecule has 2 heterocycles. The topological polar surface area (TPSA) is 87.7 Å². The molecule has 3 rings (SSSR count). The van der Waals surface area contributed by atoms with E-state index in [1.807, 2.05) is 45.9 Å². The van der Waals surface area contributed by atoms with Crippen molar-refractivity contribution >= 4 is 30.6 Å². The highest BCUT2D eigenvalue weighted by atomic mass is 16.6. The van der Waals surface area contributed by atoms with Gasteiger partial charge >= 0.3 is 6.09 Å². The number of hydrogen-bond donors (Lipinski definition) is 2. The number of benzene rings is 1. The summed E-state index contributed by atoms with van der Waals surface area (Å²) in [4.78, 5) is 38.5. The molecule has 0 spiro atoms. The molecule has 1 aromatic carbocycles. The van der Waals surface area contributed by atoms with Gasteiger partial charge in [-0.25, -0.2) is 4.79 Å². The number of likely N-dealkylation sites (tertiary alicyclic amines) is 1. The van der Waals surface area contributed by atoms with E-state index in [1.54, 1.807) is 4.90 Å². The zero-order chi connectivity index (χ0) is 24.2. The molecule has 2 N–H and O–H groups in total. The molecule has 33 heavy (non-hydrogen) atoms. The minimum Gasteiger partial charge on any atom is -0.444 e. The number of anilines is 1. The minimum absolute atomic E-state index is 0.110. The maximum Gasteiger partial charge on any atom is 0.410 e. The average Bonchev–Trinajstić information content (AvgIpc) is 2.73. The average molecular weight is 453 g/mol. The summed E-state index contributed by atoms with van der Waals surface area (Å²) < 4.78 is 5.49. The molecule has 8 heteroatoms. The Morgan fingerprint density at radius 1 is 1.30 bits per heavy atom. The minimum atomic E-state index is -0.500. The Morgan fingerprint density at radius 3 is 2.61 bits per heavy atom. The third kappa shape index (κ3) is 6.62. The number of carbonyl (C=O) groups excluding carboxylic acids is 3. The summed E-state index contributed by atoms with van der Waals surface area (Å²) in [5.74, 6) is -0.446. The van der Waals surface area contributed by atoms with Crippen LogP contribution in [0.2, 0.25) is 5.82 Å². The number of piperidine rings is 2. The van der Waals surface area contributed by atoms with Crippen LogP contribution in [0.25, 0.3) is 0 Å². The van der Waals surface area contributed by atoms with Gasteiger partial charge in [0.25, 0.3) is 0 Å². The van der Waals surface area contributed by atoms with Gasteiger partial charge in [-0.1, -0.05) is 18.7 Å². The summed E-state index contributed by atoms with van der Waals surface area (Å²) >= 11 is 0. The zero-order valence-corrected chi connectivity index (χ0v) is 20.3. The largest absolute Gasteiger partial charge is 0.444 e. The lowest BCUT2D eigenvalue weighted by molar-refractivity contribution is -0.121. The predicted molar refractivity (Wildman–Crippen MR) is 132 cm³/mol. The summed E-state index contributed by atoms with van der Waals surface area (Å²) in [6.07, 6.45) is 4.16. The van der Waals surface area contributed by atoms with Gasteiger partial charge in [0, 0.05) is 36.3 Å². The number of amides is 2. The van der Waals surface area contributed by atoms with Crippen LogP contribution in [0.4, 0.5) is 10.5 Å². The molecule has 178 valence electrons. The number of rotatable bonds is 6. The lowest BCUT2D eigenvalue weighted by Crippen LogP contribution is -2.44. The van der Waals surface area contributed by atoms with Gasteiger partial charge in [-0.2, -0.15) is 0 Å². The lowest BCUT2D eigenvalue weighted by Gasteiger charge is -2.34. The molecule has 0 aliphatic carbocycles. The molecule has 1 unspecified atom stereocenters. The van der Waals surface area contributed by atoms with E-state index in [0.29, 0.717) is 32.3 Å². The van der Waals surface area contributed by atoms with E-state index in [4.69, 9.17) is 4.74 Å². The molecule has 2 saturated heterocycles. The first-order valence-corrected chi connectivity index (χ1v) is 11.8. The Balaban J connectivity index is 1.65. The summed E-state index contributed by atoms with van der Waals surface area (Å²) in [6.45, 7) is 12.4. The highest BCUT2D eigenvalue weighted by Crippen LogP contribution is 2.30. The Labute approximate surface area is 197 Å². The number of aryl methyl sites for hydroxylation is 1. The predicted octanol–water partition coefficient (Wildman–Crippen LogP) is 3.95. The van der Waals surface area contributed by atoms with Crippen molar-refractivity contribution in [2.24, 2.45) is 0 Å². The fourth-order valence-corrected chi connectivity index (χ4v) is 4.58. The van der Waals surface area contributed by atoms with E-state index < -0.39 is 5.60 Å². The van der Waals surface area contributed by atoms with E-state index in [9.17, 15) is 14.4 Å². The van der Waals surface area contributed by atoms with E-state index in [0.717, 1.165) is 41.5 Å². The van der Waals surface area contributed by atoms with E-state index in [1.165, 1.54) is 0 Å². The summed E-state index contributed by atoms with van der Waals surface area (Å²) in [6, 6.07) is 6.30. The van der Waals surface area contributed by atoms with Crippen LogP contribution in [-0.4, -0.2) is 54.5 Å². The van der Waals surface area contributed by atoms with Crippen molar-refractivity contribution in [3.05, 3.63) is 41.6 Å². The molecule has 2 amide bonds. The first kappa shape index (κ1) is 24.9. The van der Waals surface area contributed by atoms with Crippen LogP contribution in [0.15, 0.2) is 30.5 Å². The molecule has 0 aromatic heterocycles. The monoisotopic (exact) mass is 453 g/mol. The molecule has 2 fully saturated rings. The number of nitrogens with zero attached hydrogens (tertiary/aromatic N) is 1. The zero-order valence-electron chi connectivity index (χ0n) is 20.3. The van der Waals surface area contributed by atoms with Gasteiger partial charge < -0.3 is 25.1 Å². The van der Waals surface area contributed by atoms with Crippen molar-refractivity contribution in [1.82, 2.24) is 10.2 Å². The van der Waals surface area contributed by atoms with Crippen molar-refractivity contribution in [1.29, 1.82) is 0 Å². The van der Waals surface area contributed by atoms with Gasteiger partial charge in [0.05, 0.1) is 6.19 Å². The standard InChI is InChI=1S/C25H36BN3O4/c1-17-7-6-8-22(20(17)15-26(16-30)21-10-9-18(2)27-23(21)31)28-19-11-13-29(14-12-19)24(32)33-25(3,4)5/h6-8,16,19,21,28H,2,9-15H2,1,3-5H3,(H,27,31). The van der Waals surface area contributed by atoms with Crippen LogP contribution in [0.5, 0.6) is 0 Å². The van der Waals surface area contributed by atoms with Crippen LogP contribution in [0.3, 0.4) is 0 Å². The molecule has 1 atom stereocenters. The third-order valence-corrected chi connectivity index (χ3v) is 6.44. The van der Waals surface area contributed by atoms with Gasteiger partial charge in [-0.3, -0.25) is 4.79 Å². The van der Waals surface area contributed by atoms with Crippen molar-refractivity contribution in [3.8, 4) is 0 Å². The summed E-state index contributed by atoms with van der Waals surface area (Å²) in [5.41, 5.74) is 3.38. The van der Waals surface area contributed by atoms with E-state index in [-0.39, 0.29) is 30.6 Å². The molecule has 0 radical (unpaired) electrons. The summed E-state index contributed by atoms with van der Waals surface area (Å²) in [5, 5.41) is 6.44. The molecular formula is C25H36BN3O4. The number of ether oxygens (including phenoxy) is 1. The second kappa shape index (κ2) is 10.4. The van der Waals surface area contributed by atoms with Gasteiger partial charge in [0.1, 0.15) is 5.60 Å². The van der Waals surface area contributed by atoms with E-state index >= 15 is 0 Å². The molecule has 1 aromatic rings. The van der Waals surface area contributed by atoms with Gasteiger partial charge in [-0.05, 0) is 76.9 Å². The van der Waals surface area contributed by atoms with Crippen molar-refractivity contribution in [2.75, 3.05) is 18.4 Å². The first-order chi connectivity index (χ1) is 15.6. The van der Waals surface area contributed by atoms with Gasteiger partial charge in [0.2, 0.25) is 12.6 Å². The lowest BCUT2D eigenvalue weighted by atomic mass is 9.38. The van der Waals surface area contributed by atoms with Crippen molar-refractivity contribution in [3.63, 3.8) is 0 Å². The molecule has 7 nitrogen and oxygen atoms in total. The molecule has 0 bridgehead atoms. The number of allylic oxidation sites excluding steroid dienone is 1. The fraction of sp³-hybridized carbons (Fsp3) is 0.560. The maximum absolute atomic E-state index is 12.5. The normalized spacial score (nSPS) is 19.6. The molecular weight excluding hydrogens is 417 g/mol. The van der Waals surface area contributed by atoms with Crippen molar-refractivity contribution < 1.29 is 19.1 Å². The fourth-order valence-electron chi connectivity index (χ4n) is 4.58. The maximum atomic E-state index is 12.5. The Bertz CT molecular complexity index is 903. The number of carbonyl (C=O) groups is 3. The second-order valence-corrected chi connectivity index (χ2v) is 10.2. The quantitative estimate of drug-likeness (QED) is 0.503. The van der Waals surface area contributed by atoms with E-state index in [2.05, 4.69) is 17.2 Å². The van der Waals surface area contributed by atoms with Crippen molar-refractivity contribution in [2.45, 2.75) is 77.2 Å². The Morgan fingerprint density at radius 2 is 2.00 bits per heavy atom. The van der Waals surface area contributed by atoms with Crippen LogP contribution in [0.1, 0.15) is 57.6 Å². The number of hydrogen-bond acceptors (Lipinski definition) is 5. The molecule has 2 aliphatic heterocycles. The number of nitrogens with one attached hydrogen (secondary N) is 2. The van der Waals surface area contributed by atoms with Crippen LogP contribution >= 0.6 is 0 Å². The third-order valence-electron chi connectivity index (χ3n) is 6.44.